The molecule has 6 nitrogen and oxygen atoms in total. The van der Waals surface area contributed by atoms with Crippen LogP contribution in [0.4, 0.5) is 4.79 Å². The molecule has 1 fully saturated rings. The van der Waals surface area contributed by atoms with E-state index >= 15 is 0 Å². The Bertz CT molecular complexity index is 248. The molecule has 0 aliphatic carbocycles. The number of nitrogens with zero attached hydrogens (tertiary/aromatic N) is 1. The van der Waals surface area contributed by atoms with Crippen molar-refractivity contribution in [3.05, 3.63) is 12.7 Å². The van der Waals surface area contributed by atoms with E-state index in [1.807, 2.05) is 0 Å². The van der Waals surface area contributed by atoms with Crippen LogP contribution in [-0.4, -0.2) is 68.1 Å². The van der Waals surface area contributed by atoms with Crippen molar-refractivity contribution < 1.29 is 14.6 Å². The van der Waals surface area contributed by atoms with Gasteiger partial charge in [0.15, 0.2) is 0 Å². The summed E-state index contributed by atoms with van der Waals surface area (Å²) < 4.78 is 5.11. The van der Waals surface area contributed by atoms with Crippen LogP contribution in [0.25, 0.3) is 0 Å². The number of carbonyl (C=O) groups is 1. The number of aliphatic hydroxyl groups is 1. The summed E-state index contributed by atoms with van der Waals surface area (Å²) >= 11 is 0. The molecule has 0 spiro atoms. The van der Waals surface area contributed by atoms with E-state index in [2.05, 4.69) is 17.2 Å². The molecule has 1 rings (SSSR count). The maximum Gasteiger partial charge on any atom is 0.317 e. The Labute approximate surface area is 102 Å². The number of rotatable bonds is 9. The zero-order valence-electron chi connectivity index (χ0n) is 10.0. The number of nitrogens with one attached hydrogen (secondary N) is 2. The molecule has 3 N–H and O–H groups in total. The van der Waals surface area contributed by atoms with Crippen LogP contribution in [0.2, 0.25) is 0 Å². The average molecular weight is 243 g/mol. The van der Waals surface area contributed by atoms with E-state index in [1.54, 1.807) is 11.0 Å². The van der Waals surface area contributed by atoms with Crippen molar-refractivity contribution in [2.75, 3.05) is 45.9 Å². The second-order valence-electron chi connectivity index (χ2n) is 3.90. The standard InChI is InChI=1S/C11H21N3O3/c1-2-7-17-9-10(15)8-12-3-5-14-6-4-13-11(14)16/h2,10,12,15H,1,3-9H2,(H,13,16)/t10-/m1/s1. The Kier molecular flexibility index (Phi) is 6.61. The molecule has 0 aromatic rings. The highest BCUT2D eigenvalue weighted by Gasteiger charge is 2.18. The molecule has 0 unspecified atom stereocenters. The lowest BCUT2D eigenvalue weighted by atomic mass is 10.3. The number of urea groups is 1. The summed E-state index contributed by atoms with van der Waals surface area (Å²) in [5.41, 5.74) is 0. The minimum absolute atomic E-state index is 0.0123. The highest BCUT2D eigenvalue weighted by Crippen LogP contribution is 1.94. The first-order valence-corrected chi connectivity index (χ1v) is 5.84. The topological polar surface area (TPSA) is 73.8 Å². The number of ether oxygens (including phenoxy) is 1. The smallest absolute Gasteiger partial charge is 0.317 e. The molecule has 1 aliphatic rings. The zero-order valence-corrected chi connectivity index (χ0v) is 10.0. The lowest BCUT2D eigenvalue weighted by Gasteiger charge is -2.16. The van der Waals surface area contributed by atoms with Crippen LogP contribution in [0.3, 0.4) is 0 Å². The van der Waals surface area contributed by atoms with Gasteiger partial charge in [-0.05, 0) is 0 Å². The number of hydrogen-bond acceptors (Lipinski definition) is 4. The predicted octanol–water partition coefficient (Wildman–Crippen LogP) is -0.835. The average Bonchev–Trinajstić information content (AvgIpc) is 2.71. The third-order valence-corrected chi connectivity index (χ3v) is 2.43. The van der Waals surface area contributed by atoms with Crippen molar-refractivity contribution in [3.8, 4) is 0 Å². The molecule has 0 aromatic carbocycles. The first-order valence-electron chi connectivity index (χ1n) is 5.84. The van der Waals surface area contributed by atoms with Crippen molar-refractivity contribution >= 4 is 6.03 Å². The van der Waals surface area contributed by atoms with Gasteiger partial charge in [0.25, 0.3) is 0 Å². The minimum Gasteiger partial charge on any atom is -0.389 e. The van der Waals surface area contributed by atoms with Gasteiger partial charge in [-0.3, -0.25) is 0 Å². The van der Waals surface area contributed by atoms with Gasteiger partial charge < -0.3 is 25.4 Å². The molecule has 1 heterocycles. The first kappa shape index (κ1) is 14.0. The van der Waals surface area contributed by atoms with E-state index in [-0.39, 0.29) is 6.03 Å². The summed E-state index contributed by atoms with van der Waals surface area (Å²) in [5.74, 6) is 0. The van der Waals surface area contributed by atoms with Gasteiger partial charge >= 0.3 is 6.03 Å². The van der Waals surface area contributed by atoms with Gasteiger partial charge in [-0.1, -0.05) is 6.08 Å². The summed E-state index contributed by atoms with van der Waals surface area (Å²) in [6, 6.07) is -0.0123. The third kappa shape index (κ3) is 5.67. The Balaban J connectivity index is 1.96. The number of hydrogen-bond donors (Lipinski definition) is 3. The van der Waals surface area contributed by atoms with Gasteiger partial charge in [0, 0.05) is 32.7 Å². The molecule has 6 heteroatoms. The van der Waals surface area contributed by atoms with Crippen LogP contribution in [0.5, 0.6) is 0 Å². The highest BCUT2D eigenvalue weighted by molar-refractivity contribution is 5.76. The van der Waals surface area contributed by atoms with Crippen molar-refractivity contribution in [1.29, 1.82) is 0 Å². The second-order valence-corrected chi connectivity index (χ2v) is 3.90. The minimum atomic E-state index is -0.526. The molecule has 0 bridgehead atoms. The molecule has 17 heavy (non-hydrogen) atoms. The lowest BCUT2D eigenvalue weighted by Crippen LogP contribution is -2.38. The molecule has 0 aromatic heterocycles. The number of carbonyl (C=O) groups excluding carboxylic acids is 1. The SMILES string of the molecule is C=CCOC[C@H](O)CNCCN1CCNC1=O. The van der Waals surface area contributed by atoms with Crippen LogP contribution in [0, 0.1) is 0 Å². The number of aliphatic hydroxyl groups excluding tert-OH is 1. The second kappa shape index (κ2) is 8.05. The van der Waals surface area contributed by atoms with Gasteiger partial charge in [-0.15, -0.1) is 6.58 Å². The molecule has 2 amide bonds. The highest BCUT2D eigenvalue weighted by atomic mass is 16.5. The Morgan fingerprint density at radius 1 is 1.71 bits per heavy atom. The normalized spacial score (nSPS) is 17.0. The van der Waals surface area contributed by atoms with Crippen LogP contribution < -0.4 is 10.6 Å². The summed E-state index contributed by atoms with van der Waals surface area (Å²) in [5, 5.41) is 15.3. The monoisotopic (exact) mass is 243 g/mol. The first-order chi connectivity index (χ1) is 8.24. The molecule has 0 radical (unpaired) electrons. The Morgan fingerprint density at radius 3 is 3.18 bits per heavy atom. The van der Waals surface area contributed by atoms with Gasteiger partial charge in [-0.25, -0.2) is 4.79 Å². The molecular formula is C11H21N3O3. The van der Waals surface area contributed by atoms with E-state index in [0.717, 1.165) is 13.1 Å². The van der Waals surface area contributed by atoms with E-state index in [1.165, 1.54) is 0 Å². The largest absolute Gasteiger partial charge is 0.389 e. The van der Waals surface area contributed by atoms with Crippen molar-refractivity contribution in [3.63, 3.8) is 0 Å². The molecule has 1 saturated heterocycles. The third-order valence-electron chi connectivity index (χ3n) is 2.43. The van der Waals surface area contributed by atoms with Gasteiger partial charge in [-0.2, -0.15) is 0 Å². The predicted molar refractivity (Wildman–Crippen MR) is 64.9 cm³/mol. The molecule has 1 aliphatic heterocycles. The van der Waals surface area contributed by atoms with Gasteiger partial charge in [0.1, 0.15) is 0 Å². The van der Waals surface area contributed by atoms with Gasteiger partial charge in [0.05, 0.1) is 19.3 Å². The maximum absolute atomic E-state index is 11.2. The molecule has 98 valence electrons. The molecular weight excluding hydrogens is 222 g/mol. The fraction of sp³-hybridized carbons (Fsp3) is 0.727. The fourth-order valence-electron chi connectivity index (χ4n) is 1.55. The van der Waals surface area contributed by atoms with E-state index in [9.17, 15) is 9.90 Å². The fourth-order valence-corrected chi connectivity index (χ4v) is 1.55. The summed E-state index contributed by atoms with van der Waals surface area (Å²) in [7, 11) is 0. The van der Waals surface area contributed by atoms with Crippen LogP contribution in [0.1, 0.15) is 0 Å². The Hall–Kier alpha value is -1.11. The molecule has 0 saturated carbocycles. The van der Waals surface area contributed by atoms with Crippen LogP contribution >= 0.6 is 0 Å². The molecule has 1 atom stereocenters. The maximum atomic E-state index is 11.2. The van der Waals surface area contributed by atoms with E-state index < -0.39 is 6.10 Å². The van der Waals surface area contributed by atoms with Crippen molar-refractivity contribution in [2.24, 2.45) is 0 Å². The van der Waals surface area contributed by atoms with Crippen LogP contribution in [-0.2, 0) is 4.74 Å². The van der Waals surface area contributed by atoms with Crippen LogP contribution in [0.15, 0.2) is 12.7 Å². The zero-order chi connectivity index (χ0) is 12.5. The van der Waals surface area contributed by atoms with Crippen molar-refractivity contribution in [1.82, 2.24) is 15.5 Å². The lowest BCUT2D eigenvalue weighted by molar-refractivity contribution is 0.0494. The summed E-state index contributed by atoms with van der Waals surface area (Å²) in [6.07, 6.45) is 1.12. The Morgan fingerprint density at radius 2 is 2.53 bits per heavy atom. The van der Waals surface area contributed by atoms with Crippen molar-refractivity contribution in [2.45, 2.75) is 6.10 Å². The van der Waals surface area contributed by atoms with Gasteiger partial charge in [0.2, 0.25) is 0 Å². The van der Waals surface area contributed by atoms with E-state index in [0.29, 0.717) is 32.8 Å². The quantitative estimate of drug-likeness (QED) is 0.365. The summed E-state index contributed by atoms with van der Waals surface area (Å²) in [6.45, 7) is 7.53. The number of amides is 2. The summed E-state index contributed by atoms with van der Waals surface area (Å²) in [4.78, 5) is 12.9. The van der Waals surface area contributed by atoms with E-state index in [4.69, 9.17) is 4.74 Å².